The lowest BCUT2D eigenvalue weighted by Crippen LogP contribution is -2.30. The molecule has 1 unspecified atom stereocenters. The van der Waals surface area contributed by atoms with Crippen molar-refractivity contribution in [3.05, 3.63) is 47.2 Å². The smallest absolute Gasteiger partial charge is 0.233 e. The van der Waals surface area contributed by atoms with E-state index in [2.05, 4.69) is 21.6 Å². The fourth-order valence-corrected chi connectivity index (χ4v) is 2.19. The van der Waals surface area contributed by atoms with Gasteiger partial charge in [-0.3, -0.25) is 9.89 Å². The number of nitrogens with one attached hydrogen (secondary N) is 2. The molecule has 1 aromatic heterocycles. The molecule has 1 heterocycles. The van der Waals surface area contributed by atoms with E-state index in [-0.39, 0.29) is 11.8 Å². The summed E-state index contributed by atoms with van der Waals surface area (Å²) in [7, 11) is 0. The minimum Gasteiger partial charge on any atom is -0.309 e. The molecule has 0 aliphatic heterocycles. The van der Waals surface area contributed by atoms with Gasteiger partial charge in [0, 0.05) is 11.8 Å². The van der Waals surface area contributed by atoms with Crippen molar-refractivity contribution >= 4 is 11.7 Å². The number of aromatic amines is 1. The number of anilines is 1. The summed E-state index contributed by atoms with van der Waals surface area (Å²) in [4.78, 5) is 12.0. The quantitative estimate of drug-likeness (QED) is 0.824. The first-order chi connectivity index (χ1) is 8.24. The van der Waals surface area contributed by atoms with E-state index in [9.17, 15) is 4.79 Å². The predicted molar refractivity (Wildman–Crippen MR) is 64.8 cm³/mol. The molecule has 1 aliphatic rings. The van der Waals surface area contributed by atoms with Crippen molar-refractivity contribution in [3.63, 3.8) is 0 Å². The predicted octanol–water partition coefficient (Wildman–Crippen LogP) is 2.00. The molecule has 1 aromatic carbocycles. The highest BCUT2D eigenvalue weighted by Crippen LogP contribution is 2.35. The largest absolute Gasteiger partial charge is 0.309 e. The number of fused-ring (bicyclic) bond motifs is 1. The monoisotopic (exact) mass is 227 g/mol. The van der Waals surface area contributed by atoms with Gasteiger partial charge in [0.1, 0.15) is 0 Å². The Morgan fingerprint density at radius 2 is 2.29 bits per heavy atom. The Hall–Kier alpha value is -2.10. The molecule has 1 amide bonds. The number of H-pyrrole nitrogens is 1. The van der Waals surface area contributed by atoms with Crippen molar-refractivity contribution < 1.29 is 4.79 Å². The molecule has 0 saturated carbocycles. The standard InChI is InChI=1S/C13H13N3O/c1-8-6-12(16-15-8)14-13(17)11-7-9-4-2-3-5-10(9)11/h2-6,11H,7H2,1H3,(H2,14,15,16,17). The first kappa shape index (κ1) is 10.1. The van der Waals surface area contributed by atoms with Gasteiger partial charge in [-0.05, 0) is 24.5 Å². The maximum atomic E-state index is 12.0. The molecule has 0 fully saturated rings. The second-order valence-corrected chi connectivity index (χ2v) is 4.38. The summed E-state index contributed by atoms with van der Waals surface area (Å²) in [6.45, 7) is 1.90. The second kappa shape index (κ2) is 3.73. The SMILES string of the molecule is Cc1cc(NC(=O)C2Cc3ccccc32)n[nH]1. The zero-order valence-corrected chi connectivity index (χ0v) is 9.53. The van der Waals surface area contributed by atoms with Crippen molar-refractivity contribution in [2.24, 2.45) is 0 Å². The van der Waals surface area contributed by atoms with E-state index in [1.807, 2.05) is 31.2 Å². The van der Waals surface area contributed by atoms with Crippen LogP contribution in [0.1, 0.15) is 22.7 Å². The van der Waals surface area contributed by atoms with E-state index in [1.54, 1.807) is 0 Å². The van der Waals surface area contributed by atoms with Crippen LogP contribution < -0.4 is 5.32 Å². The topological polar surface area (TPSA) is 57.8 Å². The van der Waals surface area contributed by atoms with Gasteiger partial charge in [-0.15, -0.1) is 0 Å². The number of aromatic nitrogens is 2. The summed E-state index contributed by atoms with van der Waals surface area (Å²) in [5, 5.41) is 9.62. The summed E-state index contributed by atoms with van der Waals surface area (Å²) in [5.74, 6) is 0.593. The minimum atomic E-state index is -0.0248. The molecule has 0 spiro atoms. The molecule has 1 aliphatic carbocycles. The van der Waals surface area contributed by atoms with E-state index in [1.165, 1.54) is 5.56 Å². The molecular formula is C13H13N3O. The van der Waals surface area contributed by atoms with Crippen LogP contribution >= 0.6 is 0 Å². The Kier molecular flexibility index (Phi) is 2.21. The van der Waals surface area contributed by atoms with Gasteiger partial charge in [-0.2, -0.15) is 5.10 Å². The lowest BCUT2D eigenvalue weighted by Gasteiger charge is -2.28. The Balaban J connectivity index is 1.73. The normalized spacial score (nSPS) is 17.1. The fraction of sp³-hybridized carbons (Fsp3) is 0.231. The second-order valence-electron chi connectivity index (χ2n) is 4.38. The van der Waals surface area contributed by atoms with Gasteiger partial charge in [0.05, 0.1) is 5.92 Å². The summed E-state index contributed by atoms with van der Waals surface area (Å²) in [5.41, 5.74) is 3.34. The zero-order valence-electron chi connectivity index (χ0n) is 9.53. The van der Waals surface area contributed by atoms with Crippen molar-refractivity contribution in [2.45, 2.75) is 19.3 Å². The van der Waals surface area contributed by atoms with Gasteiger partial charge in [-0.1, -0.05) is 24.3 Å². The van der Waals surface area contributed by atoms with Crippen LogP contribution in [0.15, 0.2) is 30.3 Å². The summed E-state index contributed by atoms with van der Waals surface area (Å²) >= 11 is 0. The number of carbonyl (C=O) groups is 1. The number of benzene rings is 1. The minimum absolute atomic E-state index is 0.0233. The third-order valence-corrected chi connectivity index (χ3v) is 3.13. The van der Waals surface area contributed by atoms with Gasteiger partial charge in [-0.25, -0.2) is 0 Å². The van der Waals surface area contributed by atoms with E-state index in [0.717, 1.165) is 17.7 Å². The molecule has 4 nitrogen and oxygen atoms in total. The number of hydrogen-bond acceptors (Lipinski definition) is 2. The molecule has 3 rings (SSSR count). The molecule has 1 atom stereocenters. The average Bonchev–Trinajstić information content (AvgIpc) is 2.66. The zero-order chi connectivity index (χ0) is 11.8. The van der Waals surface area contributed by atoms with Crippen LogP contribution in [0.4, 0.5) is 5.82 Å². The van der Waals surface area contributed by atoms with Gasteiger partial charge < -0.3 is 5.32 Å². The number of aryl methyl sites for hydroxylation is 1. The molecule has 17 heavy (non-hydrogen) atoms. The Morgan fingerprint density at radius 3 is 3.00 bits per heavy atom. The highest BCUT2D eigenvalue weighted by atomic mass is 16.2. The number of carbonyl (C=O) groups excluding carboxylic acids is 1. The first-order valence-electron chi connectivity index (χ1n) is 5.65. The molecule has 0 radical (unpaired) electrons. The van der Waals surface area contributed by atoms with Crippen molar-refractivity contribution in [2.75, 3.05) is 5.32 Å². The molecule has 4 heteroatoms. The lowest BCUT2D eigenvalue weighted by atomic mass is 9.77. The lowest BCUT2D eigenvalue weighted by molar-refractivity contribution is -0.118. The van der Waals surface area contributed by atoms with E-state index in [4.69, 9.17) is 0 Å². The summed E-state index contributed by atoms with van der Waals surface area (Å²) in [6.07, 6.45) is 0.825. The van der Waals surface area contributed by atoms with Gasteiger partial charge in [0.2, 0.25) is 5.91 Å². The van der Waals surface area contributed by atoms with Gasteiger partial charge in [0.25, 0.3) is 0 Å². The highest BCUT2D eigenvalue weighted by molar-refractivity contribution is 5.97. The van der Waals surface area contributed by atoms with Gasteiger partial charge >= 0.3 is 0 Å². The first-order valence-corrected chi connectivity index (χ1v) is 5.65. The van der Waals surface area contributed by atoms with Crippen LogP contribution in [0, 0.1) is 6.92 Å². The average molecular weight is 227 g/mol. The Labute approximate surface area is 99.1 Å². The maximum Gasteiger partial charge on any atom is 0.233 e. The summed E-state index contributed by atoms with van der Waals surface area (Å²) < 4.78 is 0. The number of nitrogens with zero attached hydrogens (tertiary/aromatic N) is 1. The third-order valence-electron chi connectivity index (χ3n) is 3.13. The van der Waals surface area contributed by atoms with E-state index >= 15 is 0 Å². The van der Waals surface area contributed by atoms with Crippen molar-refractivity contribution in [1.29, 1.82) is 0 Å². The maximum absolute atomic E-state index is 12.0. The third kappa shape index (κ3) is 1.71. The van der Waals surface area contributed by atoms with Gasteiger partial charge in [0.15, 0.2) is 5.82 Å². The van der Waals surface area contributed by atoms with Crippen LogP contribution in [-0.2, 0) is 11.2 Å². The Morgan fingerprint density at radius 1 is 1.47 bits per heavy atom. The highest BCUT2D eigenvalue weighted by Gasteiger charge is 2.31. The van der Waals surface area contributed by atoms with E-state index in [0.29, 0.717) is 5.82 Å². The molecule has 0 saturated heterocycles. The number of hydrogen-bond donors (Lipinski definition) is 2. The van der Waals surface area contributed by atoms with Crippen LogP contribution in [0.25, 0.3) is 0 Å². The fourth-order valence-electron chi connectivity index (χ4n) is 2.19. The molecule has 2 aromatic rings. The van der Waals surface area contributed by atoms with Crippen LogP contribution in [-0.4, -0.2) is 16.1 Å². The van der Waals surface area contributed by atoms with Crippen LogP contribution in [0.2, 0.25) is 0 Å². The molecule has 0 bridgehead atoms. The molecule has 2 N–H and O–H groups in total. The van der Waals surface area contributed by atoms with Crippen molar-refractivity contribution in [1.82, 2.24) is 10.2 Å². The number of amides is 1. The van der Waals surface area contributed by atoms with Crippen LogP contribution in [0.3, 0.4) is 0 Å². The molecule has 86 valence electrons. The van der Waals surface area contributed by atoms with Crippen molar-refractivity contribution in [3.8, 4) is 0 Å². The summed E-state index contributed by atoms with van der Waals surface area (Å²) in [6, 6.07) is 9.88. The Bertz CT molecular complexity index is 574. The van der Waals surface area contributed by atoms with E-state index < -0.39 is 0 Å². The molecular weight excluding hydrogens is 214 g/mol. The van der Waals surface area contributed by atoms with Crippen LogP contribution in [0.5, 0.6) is 0 Å². The number of rotatable bonds is 2.